The molecule has 6 heteroatoms. The van der Waals surface area contributed by atoms with Crippen molar-refractivity contribution in [3.05, 3.63) is 23.2 Å². The molecule has 1 aliphatic heterocycles. The van der Waals surface area contributed by atoms with Crippen molar-refractivity contribution in [3.63, 3.8) is 0 Å². The third-order valence-corrected chi connectivity index (χ3v) is 3.94. The third-order valence-electron chi connectivity index (χ3n) is 3.94. The van der Waals surface area contributed by atoms with Gasteiger partial charge < -0.3 is 19.7 Å². The van der Waals surface area contributed by atoms with Crippen LogP contribution in [0.3, 0.4) is 0 Å². The molecule has 116 valence electrons. The molecule has 0 spiro atoms. The van der Waals surface area contributed by atoms with Gasteiger partial charge in [0, 0.05) is 18.7 Å². The molecule has 0 radical (unpaired) electrons. The van der Waals surface area contributed by atoms with Crippen molar-refractivity contribution in [2.75, 3.05) is 13.1 Å². The summed E-state index contributed by atoms with van der Waals surface area (Å²) in [6.45, 7) is 6.51. The van der Waals surface area contributed by atoms with Gasteiger partial charge in [0.2, 0.25) is 0 Å². The molecule has 21 heavy (non-hydrogen) atoms. The number of furan rings is 1. The van der Waals surface area contributed by atoms with E-state index in [0.717, 1.165) is 23.5 Å². The molecule has 2 amide bonds. The van der Waals surface area contributed by atoms with Gasteiger partial charge in [0.15, 0.2) is 0 Å². The Morgan fingerprint density at radius 3 is 2.76 bits per heavy atom. The van der Waals surface area contributed by atoms with E-state index in [0.29, 0.717) is 13.0 Å². The quantitative estimate of drug-likeness (QED) is 0.897. The summed E-state index contributed by atoms with van der Waals surface area (Å²) in [5.74, 6) is 0.314. The monoisotopic (exact) mass is 294 g/mol. The Morgan fingerprint density at radius 1 is 1.48 bits per heavy atom. The van der Waals surface area contributed by atoms with E-state index in [1.807, 2.05) is 26.8 Å². The molecule has 1 aliphatic rings. The molecule has 1 fully saturated rings. The Morgan fingerprint density at radius 2 is 2.19 bits per heavy atom. The van der Waals surface area contributed by atoms with Crippen LogP contribution in [0.5, 0.6) is 0 Å². The van der Waals surface area contributed by atoms with E-state index in [9.17, 15) is 9.59 Å². The average molecular weight is 294 g/mol. The van der Waals surface area contributed by atoms with E-state index in [1.54, 1.807) is 4.90 Å². The van der Waals surface area contributed by atoms with Crippen LogP contribution in [0, 0.1) is 19.8 Å². The Bertz CT molecular complexity index is 538. The van der Waals surface area contributed by atoms with Gasteiger partial charge in [-0.25, -0.2) is 4.79 Å². The number of aryl methyl sites for hydroxylation is 2. The van der Waals surface area contributed by atoms with Crippen LogP contribution in [-0.4, -0.2) is 35.1 Å². The number of carbonyl (C=O) groups excluding carboxylic acids is 1. The van der Waals surface area contributed by atoms with Gasteiger partial charge in [0.25, 0.3) is 0 Å². The minimum absolute atomic E-state index is 0.167. The molecule has 2 N–H and O–H groups in total. The van der Waals surface area contributed by atoms with E-state index >= 15 is 0 Å². The molecule has 6 nitrogen and oxygen atoms in total. The van der Waals surface area contributed by atoms with Crippen LogP contribution in [-0.2, 0) is 4.79 Å². The summed E-state index contributed by atoms with van der Waals surface area (Å²) in [5.41, 5.74) is 0.952. The molecule has 2 rings (SSSR count). The number of aliphatic carboxylic acids is 1. The van der Waals surface area contributed by atoms with Gasteiger partial charge in [0.05, 0.1) is 12.0 Å². The van der Waals surface area contributed by atoms with Crippen molar-refractivity contribution in [1.82, 2.24) is 10.2 Å². The van der Waals surface area contributed by atoms with Crippen LogP contribution < -0.4 is 5.32 Å². The molecule has 2 atom stereocenters. The zero-order chi connectivity index (χ0) is 15.6. The Hall–Kier alpha value is -1.98. The number of urea groups is 1. The highest BCUT2D eigenvalue weighted by Gasteiger charge is 2.29. The SMILES string of the molecule is Cc1cc(C(C)NC(=O)N2CCCC(C(=O)O)C2)c(C)o1. The third kappa shape index (κ3) is 3.56. The molecule has 0 aliphatic carbocycles. The number of hydrogen-bond donors (Lipinski definition) is 2. The van der Waals surface area contributed by atoms with Crippen molar-refractivity contribution >= 4 is 12.0 Å². The number of carboxylic acid groups (broad SMARTS) is 1. The van der Waals surface area contributed by atoms with Gasteiger partial charge in [-0.2, -0.15) is 0 Å². The normalized spacial score (nSPS) is 20.1. The first-order valence-electron chi connectivity index (χ1n) is 7.23. The molecule has 1 aromatic rings. The highest BCUT2D eigenvalue weighted by molar-refractivity contribution is 5.77. The Kier molecular flexibility index (Phi) is 4.55. The molecule has 0 aromatic carbocycles. The molecular weight excluding hydrogens is 272 g/mol. The Labute approximate surface area is 124 Å². The number of likely N-dealkylation sites (tertiary alicyclic amines) is 1. The molecule has 0 bridgehead atoms. The summed E-state index contributed by atoms with van der Waals surface area (Å²) in [7, 11) is 0. The van der Waals surface area contributed by atoms with Crippen LogP contribution in [0.15, 0.2) is 10.5 Å². The first-order valence-corrected chi connectivity index (χ1v) is 7.23. The van der Waals surface area contributed by atoms with Crippen molar-refractivity contribution in [1.29, 1.82) is 0 Å². The fourth-order valence-corrected chi connectivity index (χ4v) is 2.80. The smallest absolute Gasteiger partial charge is 0.317 e. The number of carbonyl (C=O) groups is 2. The fourth-order valence-electron chi connectivity index (χ4n) is 2.80. The van der Waals surface area contributed by atoms with Gasteiger partial charge in [-0.05, 0) is 39.7 Å². The van der Waals surface area contributed by atoms with Gasteiger partial charge in [-0.1, -0.05) is 0 Å². The Balaban J connectivity index is 1.97. The van der Waals surface area contributed by atoms with Crippen molar-refractivity contribution in [2.24, 2.45) is 5.92 Å². The lowest BCUT2D eigenvalue weighted by atomic mass is 9.98. The summed E-state index contributed by atoms with van der Waals surface area (Å²) >= 11 is 0. The number of rotatable bonds is 3. The van der Waals surface area contributed by atoms with Crippen LogP contribution >= 0.6 is 0 Å². The number of carboxylic acids is 1. The topological polar surface area (TPSA) is 82.8 Å². The van der Waals surface area contributed by atoms with E-state index < -0.39 is 11.9 Å². The second-order valence-electron chi connectivity index (χ2n) is 5.66. The minimum Gasteiger partial charge on any atom is -0.481 e. The summed E-state index contributed by atoms with van der Waals surface area (Å²) in [6, 6.07) is 1.53. The van der Waals surface area contributed by atoms with Crippen LogP contribution in [0.4, 0.5) is 4.79 Å². The lowest BCUT2D eigenvalue weighted by Crippen LogP contribution is -2.47. The maximum atomic E-state index is 12.3. The van der Waals surface area contributed by atoms with Crippen LogP contribution in [0.1, 0.15) is 42.9 Å². The number of piperidine rings is 1. The predicted molar refractivity (Wildman–Crippen MR) is 77.1 cm³/mol. The highest BCUT2D eigenvalue weighted by Crippen LogP contribution is 2.22. The van der Waals surface area contributed by atoms with E-state index in [1.165, 1.54) is 0 Å². The lowest BCUT2D eigenvalue weighted by molar-refractivity contribution is -0.143. The number of amides is 2. The second kappa shape index (κ2) is 6.20. The first kappa shape index (κ1) is 15.4. The number of nitrogens with zero attached hydrogens (tertiary/aromatic N) is 1. The first-order chi connectivity index (χ1) is 9.88. The maximum Gasteiger partial charge on any atom is 0.317 e. The second-order valence-corrected chi connectivity index (χ2v) is 5.66. The minimum atomic E-state index is -0.832. The fraction of sp³-hybridized carbons (Fsp3) is 0.600. The lowest BCUT2D eigenvalue weighted by Gasteiger charge is -2.31. The van der Waals surface area contributed by atoms with Gasteiger partial charge in [-0.15, -0.1) is 0 Å². The average Bonchev–Trinajstić information content (AvgIpc) is 2.77. The summed E-state index contributed by atoms with van der Waals surface area (Å²) in [6.07, 6.45) is 1.36. The van der Waals surface area contributed by atoms with E-state index in [-0.39, 0.29) is 18.6 Å². The highest BCUT2D eigenvalue weighted by atomic mass is 16.4. The van der Waals surface area contributed by atoms with Gasteiger partial charge in [0.1, 0.15) is 11.5 Å². The van der Waals surface area contributed by atoms with E-state index in [4.69, 9.17) is 9.52 Å². The van der Waals surface area contributed by atoms with E-state index in [2.05, 4.69) is 5.32 Å². The molecule has 0 saturated carbocycles. The molecule has 1 aromatic heterocycles. The van der Waals surface area contributed by atoms with Crippen molar-refractivity contribution < 1.29 is 19.1 Å². The zero-order valence-electron chi connectivity index (χ0n) is 12.7. The largest absolute Gasteiger partial charge is 0.481 e. The predicted octanol–water partition coefficient (Wildman–Crippen LogP) is 2.46. The number of hydrogen-bond acceptors (Lipinski definition) is 3. The van der Waals surface area contributed by atoms with Crippen molar-refractivity contribution in [2.45, 2.75) is 39.7 Å². The van der Waals surface area contributed by atoms with Crippen LogP contribution in [0.25, 0.3) is 0 Å². The molecule has 1 saturated heterocycles. The molecule has 2 unspecified atom stereocenters. The zero-order valence-corrected chi connectivity index (χ0v) is 12.7. The maximum absolute atomic E-state index is 12.3. The molecule has 2 heterocycles. The number of nitrogens with one attached hydrogen (secondary N) is 1. The summed E-state index contributed by atoms with van der Waals surface area (Å²) < 4.78 is 5.47. The van der Waals surface area contributed by atoms with Gasteiger partial charge in [-0.3, -0.25) is 4.79 Å². The van der Waals surface area contributed by atoms with Crippen LogP contribution in [0.2, 0.25) is 0 Å². The van der Waals surface area contributed by atoms with Crippen molar-refractivity contribution in [3.8, 4) is 0 Å². The summed E-state index contributed by atoms with van der Waals surface area (Å²) in [5, 5.41) is 12.0. The standard InChI is InChI=1S/C15H22N2O4/c1-9-7-13(11(3)21-9)10(2)16-15(20)17-6-4-5-12(8-17)14(18)19/h7,10,12H,4-6,8H2,1-3H3,(H,16,20)(H,18,19). The molecular formula is C15H22N2O4. The summed E-state index contributed by atoms with van der Waals surface area (Å²) in [4.78, 5) is 24.9. The van der Waals surface area contributed by atoms with Gasteiger partial charge >= 0.3 is 12.0 Å².